The maximum Gasteiger partial charge on any atom is 0.303 e. The van der Waals surface area contributed by atoms with E-state index in [0.717, 1.165) is 0 Å². The number of carboxylic acid groups (broad SMARTS) is 1. The Labute approximate surface area is 127 Å². The van der Waals surface area contributed by atoms with Crippen molar-refractivity contribution in [1.29, 1.82) is 0 Å². The van der Waals surface area contributed by atoms with Crippen molar-refractivity contribution in [2.75, 3.05) is 20.7 Å². The van der Waals surface area contributed by atoms with Crippen LogP contribution in [0.25, 0.3) is 0 Å². The molecule has 1 N–H and O–H groups in total. The van der Waals surface area contributed by atoms with Gasteiger partial charge in [-0.2, -0.15) is 0 Å². The fraction of sp³-hybridized carbons (Fsp3) is 0.385. The number of methoxy groups -OCH3 is 1. The summed E-state index contributed by atoms with van der Waals surface area (Å²) in [7, 11) is 3.03. The normalized spacial score (nSPS) is 10.2. The molecule has 1 amide bonds. The van der Waals surface area contributed by atoms with E-state index in [0.29, 0.717) is 24.3 Å². The first-order valence-corrected chi connectivity index (χ1v) is 6.62. The zero-order valence-corrected chi connectivity index (χ0v) is 12.7. The van der Waals surface area contributed by atoms with Crippen molar-refractivity contribution in [3.63, 3.8) is 0 Å². The van der Waals surface area contributed by atoms with Gasteiger partial charge < -0.3 is 14.7 Å². The van der Waals surface area contributed by atoms with Gasteiger partial charge in [0.05, 0.1) is 17.2 Å². The van der Waals surface area contributed by atoms with Gasteiger partial charge in [0.2, 0.25) is 0 Å². The second kappa shape index (κ2) is 7.36. The summed E-state index contributed by atoms with van der Waals surface area (Å²) in [5.41, 5.74) is 0.332. The molecule has 0 aliphatic heterocycles. The summed E-state index contributed by atoms with van der Waals surface area (Å²) in [6.07, 6.45) is 0.400. The van der Waals surface area contributed by atoms with Crippen molar-refractivity contribution in [2.45, 2.75) is 12.8 Å². The van der Waals surface area contributed by atoms with Crippen molar-refractivity contribution in [1.82, 2.24) is 4.90 Å². The van der Waals surface area contributed by atoms with Crippen molar-refractivity contribution in [3.8, 4) is 5.75 Å². The van der Waals surface area contributed by atoms with Crippen LogP contribution in [-0.4, -0.2) is 42.6 Å². The van der Waals surface area contributed by atoms with Gasteiger partial charge in [-0.25, -0.2) is 0 Å². The van der Waals surface area contributed by atoms with Crippen LogP contribution in [0.2, 0.25) is 10.0 Å². The standard InChI is InChI=1S/C13H15Cl2NO4/c1-16(5-3-4-11(17)18)13(19)8-6-9(14)12(20-2)10(15)7-8/h6-7H,3-5H2,1-2H3,(H,17,18). The molecule has 1 aromatic carbocycles. The number of amides is 1. The molecule has 0 unspecified atom stereocenters. The highest BCUT2D eigenvalue weighted by atomic mass is 35.5. The largest absolute Gasteiger partial charge is 0.494 e. The molecule has 0 saturated heterocycles. The Hall–Kier alpha value is -1.46. The number of halogens is 2. The Balaban J connectivity index is 2.79. The molecule has 7 heteroatoms. The highest BCUT2D eigenvalue weighted by Crippen LogP contribution is 2.34. The van der Waals surface area contributed by atoms with E-state index in [-0.39, 0.29) is 22.4 Å². The number of carbonyl (C=O) groups is 2. The smallest absolute Gasteiger partial charge is 0.303 e. The maximum atomic E-state index is 12.1. The minimum atomic E-state index is -0.888. The van der Waals surface area contributed by atoms with Crippen LogP contribution in [0.5, 0.6) is 5.75 Å². The molecule has 0 atom stereocenters. The summed E-state index contributed by atoms with van der Waals surface area (Å²) in [5.74, 6) is -0.846. The summed E-state index contributed by atoms with van der Waals surface area (Å²) in [6, 6.07) is 2.95. The number of hydrogen-bond acceptors (Lipinski definition) is 3. The Kier molecular flexibility index (Phi) is 6.10. The second-order valence-electron chi connectivity index (χ2n) is 4.20. The fourth-order valence-corrected chi connectivity index (χ4v) is 2.31. The molecule has 0 aliphatic carbocycles. The van der Waals surface area contributed by atoms with Crippen LogP contribution < -0.4 is 4.74 Å². The molecule has 0 aromatic heterocycles. The van der Waals surface area contributed by atoms with Crippen LogP contribution in [0, 0.1) is 0 Å². The van der Waals surface area contributed by atoms with E-state index in [1.54, 1.807) is 7.05 Å². The molecule has 5 nitrogen and oxygen atoms in total. The number of carbonyl (C=O) groups excluding carboxylic acids is 1. The van der Waals surface area contributed by atoms with Crippen LogP contribution in [0.1, 0.15) is 23.2 Å². The lowest BCUT2D eigenvalue weighted by molar-refractivity contribution is -0.137. The van der Waals surface area contributed by atoms with Crippen molar-refractivity contribution in [2.24, 2.45) is 0 Å². The van der Waals surface area contributed by atoms with Crippen LogP contribution in [0.4, 0.5) is 0 Å². The van der Waals surface area contributed by atoms with E-state index >= 15 is 0 Å². The van der Waals surface area contributed by atoms with E-state index in [9.17, 15) is 9.59 Å². The van der Waals surface area contributed by atoms with Crippen LogP contribution >= 0.6 is 23.2 Å². The summed E-state index contributed by atoms with van der Waals surface area (Å²) in [5, 5.41) is 9.06. The quantitative estimate of drug-likeness (QED) is 0.875. The molecule has 0 bridgehead atoms. The second-order valence-corrected chi connectivity index (χ2v) is 5.01. The number of rotatable bonds is 6. The summed E-state index contributed by atoms with van der Waals surface area (Å²) in [4.78, 5) is 24.0. The topological polar surface area (TPSA) is 66.8 Å². The van der Waals surface area contributed by atoms with E-state index in [1.165, 1.54) is 24.1 Å². The average molecular weight is 320 g/mol. The summed E-state index contributed by atoms with van der Waals surface area (Å²) >= 11 is 11.9. The number of aliphatic carboxylic acids is 1. The highest BCUT2D eigenvalue weighted by Gasteiger charge is 2.16. The minimum absolute atomic E-state index is 0.0156. The third-order valence-corrected chi connectivity index (χ3v) is 3.24. The minimum Gasteiger partial charge on any atom is -0.494 e. The Morgan fingerprint density at radius 3 is 2.30 bits per heavy atom. The van der Waals surface area contributed by atoms with Crippen molar-refractivity contribution in [3.05, 3.63) is 27.7 Å². The third-order valence-electron chi connectivity index (χ3n) is 2.68. The number of nitrogens with zero attached hydrogens (tertiary/aromatic N) is 1. The SMILES string of the molecule is COc1c(Cl)cc(C(=O)N(C)CCCC(=O)O)cc1Cl. The first-order chi connectivity index (χ1) is 9.36. The van der Waals surface area contributed by atoms with Gasteiger partial charge in [0.1, 0.15) is 0 Å². The molecule has 1 rings (SSSR count). The average Bonchev–Trinajstić information content (AvgIpc) is 2.36. The van der Waals surface area contributed by atoms with E-state index in [2.05, 4.69) is 0 Å². The first-order valence-electron chi connectivity index (χ1n) is 5.87. The van der Waals surface area contributed by atoms with Gasteiger partial charge >= 0.3 is 5.97 Å². The van der Waals surface area contributed by atoms with Gasteiger partial charge in [0, 0.05) is 25.6 Å². The van der Waals surface area contributed by atoms with Gasteiger partial charge in [0.25, 0.3) is 5.91 Å². The van der Waals surface area contributed by atoms with Gasteiger partial charge in [-0.05, 0) is 18.6 Å². The number of hydrogen-bond donors (Lipinski definition) is 1. The monoisotopic (exact) mass is 319 g/mol. The molecular formula is C13H15Cl2NO4. The molecule has 20 heavy (non-hydrogen) atoms. The molecule has 0 aliphatic rings. The van der Waals surface area contributed by atoms with Gasteiger partial charge in [-0.15, -0.1) is 0 Å². The Morgan fingerprint density at radius 2 is 1.85 bits per heavy atom. The van der Waals surface area contributed by atoms with E-state index in [1.807, 2.05) is 0 Å². The van der Waals surface area contributed by atoms with Crippen molar-refractivity contribution < 1.29 is 19.4 Å². The number of benzene rings is 1. The Bertz CT molecular complexity index is 496. The van der Waals surface area contributed by atoms with Crippen LogP contribution in [0.3, 0.4) is 0 Å². The zero-order chi connectivity index (χ0) is 15.3. The van der Waals surface area contributed by atoms with Gasteiger partial charge in [-0.3, -0.25) is 9.59 Å². The lowest BCUT2D eigenvalue weighted by atomic mass is 10.2. The summed E-state index contributed by atoms with van der Waals surface area (Å²) < 4.78 is 5.01. The van der Waals surface area contributed by atoms with Gasteiger partial charge in [0.15, 0.2) is 5.75 Å². The predicted octanol–water partition coefficient (Wildman–Crippen LogP) is 2.94. The number of carboxylic acids is 1. The van der Waals surface area contributed by atoms with E-state index in [4.69, 9.17) is 33.0 Å². The lowest BCUT2D eigenvalue weighted by Gasteiger charge is -2.17. The molecule has 0 spiro atoms. The van der Waals surface area contributed by atoms with Crippen LogP contribution in [0.15, 0.2) is 12.1 Å². The highest BCUT2D eigenvalue weighted by molar-refractivity contribution is 6.37. The Morgan fingerprint density at radius 1 is 1.30 bits per heavy atom. The number of ether oxygens (including phenoxy) is 1. The predicted molar refractivity (Wildman–Crippen MR) is 76.8 cm³/mol. The van der Waals surface area contributed by atoms with E-state index < -0.39 is 5.97 Å². The third kappa shape index (κ3) is 4.28. The summed E-state index contributed by atoms with van der Waals surface area (Å²) in [6.45, 7) is 0.340. The molecular weight excluding hydrogens is 305 g/mol. The molecule has 0 saturated carbocycles. The maximum absolute atomic E-state index is 12.1. The molecule has 1 aromatic rings. The van der Waals surface area contributed by atoms with Gasteiger partial charge in [-0.1, -0.05) is 23.2 Å². The molecule has 0 heterocycles. The van der Waals surface area contributed by atoms with Crippen LogP contribution in [-0.2, 0) is 4.79 Å². The fourth-order valence-electron chi connectivity index (χ4n) is 1.67. The first kappa shape index (κ1) is 16.6. The zero-order valence-electron chi connectivity index (χ0n) is 11.2. The lowest BCUT2D eigenvalue weighted by Crippen LogP contribution is -2.28. The molecule has 0 radical (unpaired) electrons. The van der Waals surface area contributed by atoms with Crippen molar-refractivity contribution >= 4 is 35.1 Å². The molecule has 110 valence electrons. The molecule has 0 fully saturated rings.